The number of nitrogens with zero attached hydrogens (tertiary/aromatic N) is 2. The molecule has 0 aliphatic carbocycles. The van der Waals surface area contributed by atoms with Gasteiger partial charge in [-0.05, 0) is 37.0 Å². The van der Waals surface area contributed by atoms with Gasteiger partial charge in [-0.3, -0.25) is 0 Å². The molecule has 0 aromatic heterocycles. The average Bonchev–Trinajstić information content (AvgIpc) is 2.39. The number of piperidine rings is 1. The van der Waals surface area contributed by atoms with E-state index in [-0.39, 0.29) is 0 Å². The maximum atomic E-state index is 8.85. The summed E-state index contributed by atoms with van der Waals surface area (Å²) in [6.45, 7) is 3.88. The molecule has 0 bridgehead atoms. The number of hydrogen-bond acceptors (Lipinski definition) is 3. The highest BCUT2D eigenvalue weighted by Gasteiger charge is 2.26. The predicted octanol–water partition coefficient (Wildman–Crippen LogP) is 2.78. The Morgan fingerprint density at radius 2 is 2.33 bits per heavy atom. The normalized spacial score (nSPS) is 23.8. The molecule has 3 nitrogen and oxygen atoms in total. The van der Waals surface area contributed by atoms with Crippen molar-refractivity contribution < 1.29 is 0 Å². The number of nitrogens with two attached hydrogens (primary N) is 1. The second-order valence-corrected chi connectivity index (χ2v) is 5.40. The van der Waals surface area contributed by atoms with Crippen LogP contribution in [0.15, 0.2) is 18.2 Å². The second kappa shape index (κ2) is 5.60. The molecule has 96 valence electrons. The maximum Gasteiger partial charge on any atom is 0.0992 e. The minimum absolute atomic E-state index is 0.346. The van der Waals surface area contributed by atoms with Crippen LogP contribution in [-0.2, 0) is 0 Å². The Balaban J connectivity index is 2.27. The molecule has 1 aliphatic heterocycles. The van der Waals surface area contributed by atoms with Crippen molar-refractivity contribution in [1.29, 1.82) is 5.26 Å². The zero-order valence-electron chi connectivity index (χ0n) is 10.6. The van der Waals surface area contributed by atoms with E-state index in [4.69, 9.17) is 22.6 Å². The minimum Gasteiger partial charge on any atom is -0.366 e. The van der Waals surface area contributed by atoms with Gasteiger partial charge in [0.05, 0.1) is 22.3 Å². The number of anilines is 1. The second-order valence-electron chi connectivity index (χ2n) is 4.99. The van der Waals surface area contributed by atoms with Gasteiger partial charge in [0.2, 0.25) is 0 Å². The van der Waals surface area contributed by atoms with Gasteiger partial charge in [-0.15, -0.1) is 0 Å². The summed E-state index contributed by atoms with van der Waals surface area (Å²) >= 11 is 6.27. The molecule has 1 saturated heterocycles. The van der Waals surface area contributed by atoms with Gasteiger partial charge in [0, 0.05) is 19.1 Å². The summed E-state index contributed by atoms with van der Waals surface area (Å²) in [5, 5.41) is 9.49. The van der Waals surface area contributed by atoms with Gasteiger partial charge in [-0.1, -0.05) is 18.5 Å². The van der Waals surface area contributed by atoms with Crippen molar-refractivity contribution >= 4 is 17.3 Å². The predicted molar refractivity (Wildman–Crippen MR) is 74.8 cm³/mol. The molecule has 2 rings (SSSR count). The van der Waals surface area contributed by atoms with E-state index in [9.17, 15) is 0 Å². The lowest BCUT2D eigenvalue weighted by Gasteiger charge is -2.40. The van der Waals surface area contributed by atoms with Crippen molar-refractivity contribution in [2.45, 2.75) is 25.8 Å². The minimum atomic E-state index is 0.346. The molecule has 0 spiro atoms. The van der Waals surface area contributed by atoms with Gasteiger partial charge < -0.3 is 10.6 Å². The first-order chi connectivity index (χ1) is 8.65. The summed E-state index contributed by atoms with van der Waals surface area (Å²) in [6, 6.07) is 7.92. The molecule has 2 N–H and O–H groups in total. The van der Waals surface area contributed by atoms with Gasteiger partial charge in [-0.2, -0.15) is 5.26 Å². The molecule has 4 heteroatoms. The Hall–Kier alpha value is -1.24. The van der Waals surface area contributed by atoms with Crippen LogP contribution in [0.25, 0.3) is 0 Å². The molecule has 2 atom stereocenters. The van der Waals surface area contributed by atoms with Crippen LogP contribution in [0.1, 0.15) is 25.3 Å². The first kappa shape index (κ1) is 13.2. The summed E-state index contributed by atoms with van der Waals surface area (Å²) < 4.78 is 0. The molecule has 0 radical (unpaired) electrons. The third kappa shape index (κ3) is 2.60. The van der Waals surface area contributed by atoms with Gasteiger partial charge >= 0.3 is 0 Å². The average molecular weight is 264 g/mol. The summed E-state index contributed by atoms with van der Waals surface area (Å²) in [6.07, 6.45) is 2.26. The van der Waals surface area contributed by atoms with Crippen molar-refractivity contribution in [2.24, 2.45) is 11.7 Å². The topological polar surface area (TPSA) is 53.0 Å². The Bertz CT molecular complexity index is 467. The largest absolute Gasteiger partial charge is 0.366 e. The Kier molecular flexibility index (Phi) is 4.11. The fourth-order valence-electron chi connectivity index (χ4n) is 2.60. The molecule has 1 aromatic rings. The summed E-state index contributed by atoms with van der Waals surface area (Å²) in [5.74, 6) is 0.715. The maximum absolute atomic E-state index is 8.85. The Morgan fingerprint density at radius 3 is 2.94 bits per heavy atom. The fraction of sp³-hybridized carbons (Fsp3) is 0.500. The first-order valence-electron chi connectivity index (χ1n) is 6.32. The van der Waals surface area contributed by atoms with Crippen LogP contribution in [-0.4, -0.2) is 19.1 Å². The molecule has 1 aromatic carbocycles. The highest BCUT2D eigenvalue weighted by molar-refractivity contribution is 6.33. The van der Waals surface area contributed by atoms with E-state index in [1.54, 1.807) is 6.07 Å². The number of hydrogen-bond donors (Lipinski definition) is 1. The Morgan fingerprint density at radius 1 is 1.56 bits per heavy atom. The van der Waals surface area contributed by atoms with Crippen LogP contribution in [0.3, 0.4) is 0 Å². The SMILES string of the molecule is CC1CCN(c2ccc(C#N)cc2Cl)C(CN)C1. The lowest BCUT2D eigenvalue weighted by Crippen LogP contribution is -2.46. The number of benzene rings is 1. The molecule has 0 saturated carbocycles. The van der Waals surface area contributed by atoms with E-state index in [2.05, 4.69) is 17.9 Å². The third-order valence-corrected chi connectivity index (χ3v) is 3.94. The molecule has 1 fully saturated rings. The molecule has 18 heavy (non-hydrogen) atoms. The highest BCUT2D eigenvalue weighted by atomic mass is 35.5. The van der Waals surface area contributed by atoms with Crippen LogP contribution in [0.2, 0.25) is 5.02 Å². The summed E-state index contributed by atoms with van der Waals surface area (Å²) in [7, 11) is 0. The van der Waals surface area contributed by atoms with Crippen LogP contribution in [0.5, 0.6) is 0 Å². The molecule has 1 aliphatic rings. The van der Waals surface area contributed by atoms with Gasteiger partial charge in [0.1, 0.15) is 0 Å². The molecular weight excluding hydrogens is 246 g/mol. The van der Waals surface area contributed by atoms with E-state index in [0.29, 0.717) is 29.1 Å². The fourth-order valence-corrected chi connectivity index (χ4v) is 2.89. The zero-order chi connectivity index (χ0) is 13.1. The monoisotopic (exact) mass is 263 g/mol. The third-order valence-electron chi connectivity index (χ3n) is 3.64. The number of rotatable bonds is 2. The molecule has 2 unspecified atom stereocenters. The van der Waals surface area contributed by atoms with Crippen molar-refractivity contribution in [2.75, 3.05) is 18.0 Å². The van der Waals surface area contributed by atoms with E-state index in [0.717, 1.165) is 25.1 Å². The van der Waals surface area contributed by atoms with Crippen LogP contribution in [0, 0.1) is 17.2 Å². The molecule has 0 amide bonds. The lowest BCUT2D eigenvalue weighted by molar-refractivity contribution is 0.367. The van der Waals surface area contributed by atoms with Crippen LogP contribution >= 0.6 is 11.6 Å². The molecular formula is C14H18ClN3. The quantitative estimate of drug-likeness (QED) is 0.893. The Labute approximate surface area is 113 Å². The lowest BCUT2D eigenvalue weighted by atomic mass is 9.92. The van der Waals surface area contributed by atoms with E-state index < -0.39 is 0 Å². The van der Waals surface area contributed by atoms with Gasteiger partial charge in [-0.25, -0.2) is 0 Å². The van der Waals surface area contributed by atoms with Crippen LogP contribution < -0.4 is 10.6 Å². The van der Waals surface area contributed by atoms with E-state index in [1.807, 2.05) is 12.1 Å². The van der Waals surface area contributed by atoms with Gasteiger partial charge in [0.15, 0.2) is 0 Å². The van der Waals surface area contributed by atoms with Crippen molar-refractivity contribution in [3.8, 4) is 6.07 Å². The summed E-state index contributed by atoms with van der Waals surface area (Å²) in [4.78, 5) is 2.28. The number of halogens is 1. The first-order valence-corrected chi connectivity index (χ1v) is 6.70. The smallest absolute Gasteiger partial charge is 0.0992 e. The van der Waals surface area contributed by atoms with Crippen molar-refractivity contribution in [1.82, 2.24) is 0 Å². The molecule has 1 heterocycles. The van der Waals surface area contributed by atoms with E-state index in [1.165, 1.54) is 0 Å². The van der Waals surface area contributed by atoms with Crippen molar-refractivity contribution in [3.63, 3.8) is 0 Å². The standard InChI is InChI=1S/C14H18ClN3/c1-10-4-5-18(12(6-10)9-17)14-3-2-11(8-16)7-13(14)15/h2-3,7,10,12H,4-6,9,17H2,1H3. The van der Waals surface area contributed by atoms with Crippen LogP contribution in [0.4, 0.5) is 5.69 Å². The summed E-state index contributed by atoms with van der Waals surface area (Å²) in [5.41, 5.74) is 7.46. The van der Waals surface area contributed by atoms with E-state index >= 15 is 0 Å². The highest BCUT2D eigenvalue weighted by Crippen LogP contribution is 2.33. The van der Waals surface area contributed by atoms with Gasteiger partial charge in [0.25, 0.3) is 0 Å². The number of nitriles is 1. The zero-order valence-corrected chi connectivity index (χ0v) is 11.3. The van der Waals surface area contributed by atoms with Crippen molar-refractivity contribution in [3.05, 3.63) is 28.8 Å².